The predicted molar refractivity (Wildman–Crippen MR) is 76.8 cm³/mol. The molecule has 0 heterocycles. The minimum Gasteiger partial charge on any atom is -0.497 e. The van der Waals surface area contributed by atoms with Crippen molar-refractivity contribution in [3.8, 4) is 11.5 Å². The van der Waals surface area contributed by atoms with Crippen molar-refractivity contribution in [1.82, 2.24) is 0 Å². The molecule has 0 bridgehead atoms. The molecule has 0 aliphatic carbocycles. The average molecular weight is 282 g/mol. The predicted octanol–water partition coefficient (Wildman–Crippen LogP) is 1.41. The Morgan fingerprint density at radius 3 is 2.60 bits per heavy atom. The molecule has 0 amide bonds. The molecule has 20 heavy (non-hydrogen) atoms. The topological polar surface area (TPSA) is 86.8 Å². The molecule has 0 saturated carbocycles. The Balaban J connectivity index is 2.43. The first-order valence-electron chi connectivity index (χ1n) is 6.41. The molecule has 0 fully saturated rings. The third-order valence-electron chi connectivity index (χ3n) is 2.60. The maximum absolute atomic E-state index is 7.51. The Labute approximate surface area is 119 Å². The molecule has 0 radical (unpaired) electrons. The molecule has 112 valence electrons. The van der Waals surface area contributed by atoms with Crippen LogP contribution in [0.15, 0.2) is 18.2 Å². The minimum absolute atomic E-state index is 0.0287. The highest BCUT2D eigenvalue weighted by atomic mass is 16.5. The van der Waals surface area contributed by atoms with Crippen molar-refractivity contribution in [2.24, 2.45) is 5.73 Å². The molecule has 1 aromatic carbocycles. The summed E-state index contributed by atoms with van der Waals surface area (Å²) in [6.45, 7) is 2.25. The largest absolute Gasteiger partial charge is 0.497 e. The molecule has 6 heteroatoms. The first-order valence-corrected chi connectivity index (χ1v) is 6.41. The van der Waals surface area contributed by atoms with Gasteiger partial charge in [0.1, 0.15) is 17.3 Å². The molecule has 0 atom stereocenters. The lowest BCUT2D eigenvalue weighted by atomic mass is 10.2. The number of nitrogens with one attached hydrogen (secondary N) is 1. The van der Waals surface area contributed by atoms with Gasteiger partial charge in [0.05, 0.1) is 32.5 Å². The molecule has 0 spiro atoms. The lowest BCUT2D eigenvalue weighted by Crippen LogP contribution is -2.14. The van der Waals surface area contributed by atoms with Gasteiger partial charge < -0.3 is 24.7 Å². The van der Waals surface area contributed by atoms with E-state index < -0.39 is 0 Å². The zero-order valence-electron chi connectivity index (χ0n) is 12.0. The third-order valence-corrected chi connectivity index (χ3v) is 2.60. The standard InChI is InChI=1S/C14H22N2O4/c1-17-8-9-19-6-3-7-20-13-10-11(18-2)4-5-12(13)14(15)16/h4-5,10H,3,6-9H2,1-2H3,(H3,15,16). The fourth-order valence-electron chi connectivity index (χ4n) is 1.56. The Hall–Kier alpha value is -1.79. The summed E-state index contributed by atoms with van der Waals surface area (Å²) in [5.41, 5.74) is 6.08. The van der Waals surface area contributed by atoms with Crippen molar-refractivity contribution in [2.45, 2.75) is 6.42 Å². The van der Waals surface area contributed by atoms with Crippen LogP contribution in [0.2, 0.25) is 0 Å². The van der Waals surface area contributed by atoms with E-state index in [0.29, 0.717) is 43.5 Å². The summed E-state index contributed by atoms with van der Waals surface area (Å²) in [4.78, 5) is 0. The van der Waals surface area contributed by atoms with Crippen LogP contribution in [0, 0.1) is 5.41 Å². The first-order chi connectivity index (χ1) is 9.69. The minimum atomic E-state index is -0.0287. The number of hydrogen-bond acceptors (Lipinski definition) is 5. The fourth-order valence-corrected chi connectivity index (χ4v) is 1.56. The van der Waals surface area contributed by atoms with E-state index in [1.165, 1.54) is 0 Å². The van der Waals surface area contributed by atoms with Crippen molar-refractivity contribution in [3.63, 3.8) is 0 Å². The van der Waals surface area contributed by atoms with Crippen LogP contribution in [0.25, 0.3) is 0 Å². The zero-order chi connectivity index (χ0) is 14.8. The Bertz CT molecular complexity index is 424. The summed E-state index contributed by atoms with van der Waals surface area (Å²) in [6.07, 6.45) is 0.748. The highest BCUT2D eigenvalue weighted by Crippen LogP contribution is 2.24. The van der Waals surface area contributed by atoms with Gasteiger partial charge in [-0.1, -0.05) is 0 Å². The van der Waals surface area contributed by atoms with E-state index in [2.05, 4.69) is 0 Å². The van der Waals surface area contributed by atoms with Gasteiger partial charge >= 0.3 is 0 Å². The summed E-state index contributed by atoms with van der Waals surface area (Å²) < 4.78 is 21.0. The maximum Gasteiger partial charge on any atom is 0.133 e. The molecule has 0 aliphatic rings. The molecule has 6 nitrogen and oxygen atoms in total. The van der Waals surface area contributed by atoms with Gasteiger partial charge in [-0.25, -0.2) is 0 Å². The average Bonchev–Trinajstić information content (AvgIpc) is 2.45. The number of hydrogen-bond donors (Lipinski definition) is 2. The number of rotatable bonds is 10. The Morgan fingerprint density at radius 2 is 1.95 bits per heavy atom. The van der Waals surface area contributed by atoms with E-state index in [1.54, 1.807) is 32.4 Å². The van der Waals surface area contributed by atoms with E-state index in [0.717, 1.165) is 6.42 Å². The van der Waals surface area contributed by atoms with Crippen LogP contribution in [0.4, 0.5) is 0 Å². The van der Waals surface area contributed by atoms with Crippen molar-refractivity contribution in [2.75, 3.05) is 40.6 Å². The third kappa shape index (κ3) is 5.46. The van der Waals surface area contributed by atoms with Crippen LogP contribution in [-0.2, 0) is 9.47 Å². The summed E-state index contributed by atoms with van der Waals surface area (Å²) in [6, 6.07) is 5.19. The van der Waals surface area contributed by atoms with Crippen molar-refractivity contribution >= 4 is 5.84 Å². The van der Waals surface area contributed by atoms with Crippen LogP contribution in [0.1, 0.15) is 12.0 Å². The normalized spacial score (nSPS) is 10.3. The molecule has 1 rings (SSSR count). The SMILES string of the molecule is COCCOCCCOc1cc(OC)ccc1C(=N)N. The monoisotopic (exact) mass is 282 g/mol. The molecule has 0 aliphatic heterocycles. The molecular formula is C14H22N2O4. The second-order valence-electron chi connectivity index (χ2n) is 4.08. The lowest BCUT2D eigenvalue weighted by Gasteiger charge is -2.12. The Kier molecular flexibility index (Phi) is 7.46. The second kappa shape index (κ2) is 9.17. The first kappa shape index (κ1) is 16.3. The number of methoxy groups -OCH3 is 2. The quantitative estimate of drug-likeness (QED) is 0.385. The molecule has 0 unspecified atom stereocenters. The van der Waals surface area contributed by atoms with Gasteiger partial charge in [-0.2, -0.15) is 0 Å². The summed E-state index contributed by atoms with van der Waals surface area (Å²) in [5, 5.41) is 7.51. The molecule has 0 aromatic heterocycles. The van der Waals surface area contributed by atoms with Crippen LogP contribution >= 0.6 is 0 Å². The second-order valence-corrected chi connectivity index (χ2v) is 4.08. The van der Waals surface area contributed by atoms with Crippen molar-refractivity contribution < 1.29 is 18.9 Å². The van der Waals surface area contributed by atoms with Gasteiger partial charge in [0.25, 0.3) is 0 Å². The molecule has 0 saturated heterocycles. The van der Waals surface area contributed by atoms with Crippen LogP contribution in [0.5, 0.6) is 11.5 Å². The smallest absolute Gasteiger partial charge is 0.133 e. The van der Waals surface area contributed by atoms with Gasteiger partial charge in [-0.3, -0.25) is 5.41 Å². The van der Waals surface area contributed by atoms with Crippen LogP contribution in [0.3, 0.4) is 0 Å². The molecule has 3 N–H and O–H groups in total. The van der Waals surface area contributed by atoms with Gasteiger partial charge in [-0.15, -0.1) is 0 Å². The summed E-state index contributed by atoms with van der Waals surface area (Å²) in [7, 11) is 3.22. The van der Waals surface area contributed by atoms with E-state index in [4.69, 9.17) is 30.1 Å². The number of ether oxygens (including phenoxy) is 4. The van der Waals surface area contributed by atoms with E-state index in [1.807, 2.05) is 0 Å². The van der Waals surface area contributed by atoms with Gasteiger partial charge in [0.2, 0.25) is 0 Å². The highest BCUT2D eigenvalue weighted by molar-refractivity contribution is 5.97. The van der Waals surface area contributed by atoms with Gasteiger partial charge in [0.15, 0.2) is 0 Å². The lowest BCUT2D eigenvalue weighted by molar-refractivity contribution is 0.0644. The van der Waals surface area contributed by atoms with E-state index >= 15 is 0 Å². The number of benzene rings is 1. The fraction of sp³-hybridized carbons (Fsp3) is 0.500. The van der Waals surface area contributed by atoms with E-state index in [9.17, 15) is 0 Å². The summed E-state index contributed by atoms with van der Waals surface area (Å²) >= 11 is 0. The summed E-state index contributed by atoms with van der Waals surface area (Å²) in [5.74, 6) is 1.19. The zero-order valence-corrected chi connectivity index (χ0v) is 12.0. The van der Waals surface area contributed by atoms with Crippen molar-refractivity contribution in [1.29, 1.82) is 5.41 Å². The van der Waals surface area contributed by atoms with E-state index in [-0.39, 0.29) is 5.84 Å². The molecule has 1 aromatic rings. The molecular weight excluding hydrogens is 260 g/mol. The Morgan fingerprint density at radius 1 is 1.15 bits per heavy atom. The van der Waals surface area contributed by atoms with Gasteiger partial charge in [-0.05, 0) is 12.1 Å². The maximum atomic E-state index is 7.51. The highest BCUT2D eigenvalue weighted by Gasteiger charge is 2.08. The number of amidine groups is 1. The number of nitrogen functional groups attached to an aromatic ring is 1. The van der Waals surface area contributed by atoms with Crippen LogP contribution < -0.4 is 15.2 Å². The van der Waals surface area contributed by atoms with Crippen LogP contribution in [-0.4, -0.2) is 46.5 Å². The van der Waals surface area contributed by atoms with Crippen molar-refractivity contribution in [3.05, 3.63) is 23.8 Å². The van der Waals surface area contributed by atoms with Gasteiger partial charge in [0, 0.05) is 26.2 Å². The number of nitrogens with two attached hydrogens (primary N) is 1.